The van der Waals surface area contributed by atoms with Crippen LogP contribution >= 0.6 is 0 Å². The van der Waals surface area contributed by atoms with Gasteiger partial charge in [0.25, 0.3) is 0 Å². The maximum atomic E-state index is 10.2. The highest BCUT2D eigenvalue weighted by Gasteiger charge is 2.19. The third-order valence-corrected chi connectivity index (χ3v) is 1.26. The summed E-state index contributed by atoms with van der Waals surface area (Å²) in [5.74, 6) is -2.54. The molecule has 4 N–H and O–H groups in total. The first-order chi connectivity index (χ1) is 5.97. The molecule has 0 aliphatic rings. The van der Waals surface area contributed by atoms with E-state index in [1.54, 1.807) is 0 Å². The summed E-state index contributed by atoms with van der Waals surface area (Å²) in [4.78, 5) is 21.1. The second-order valence-corrected chi connectivity index (χ2v) is 2.36. The van der Waals surface area contributed by atoms with Crippen molar-refractivity contribution in [1.82, 2.24) is 4.90 Å². The van der Waals surface area contributed by atoms with Crippen molar-refractivity contribution in [2.75, 3.05) is 19.7 Å². The maximum Gasteiger partial charge on any atom is 0.317 e. The van der Waals surface area contributed by atoms with Crippen LogP contribution in [0.2, 0.25) is 0 Å². The molecule has 0 aliphatic heterocycles. The van der Waals surface area contributed by atoms with Crippen LogP contribution in [0.3, 0.4) is 0 Å². The van der Waals surface area contributed by atoms with Crippen LogP contribution in [0.15, 0.2) is 0 Å². The molecule has 0 aromatic carbocycles. The fourth-order valence-corrected chi connectivity index (χ4v) is 0.730. The van der Waals surface area contributed by atoms with Crippen molar-refractivity contribution in [2.24, 2.45) is 0 Å². The predicted molar refractivity (Wildman–Crippen MR) is 39.9 cm³/mol. The Morgan fingerprint density at radius 3 is 1.77 bits per heavy atom. The summed E-state index contributed by atoms with van der Waals surface area (Å²) in [6.07, 6.45) is -1.47. The lowest BCUT2D eigenvalue weighted by atomic mass is 10.4. The van der Waals surface area contributed by atoms with Gasteiger partial charge in [-0.2, -0.15) is 0 Å². The molecule has 13 heavy (non-hydrogen) atoms. The molecular formula is C6H11NO6. The molecule has 0 fully saturated rings. The topological polar surface area (TPSA) is 118 Å². The highest BCUT2D eigenvalue weighted by atomic mass is 16.4. The zero-order chi connectivity index (χ0) is 10.4. The number of aliphatic hydroxyl groups excluding tert-OH is 2. The number of aliphatic hydroxyl groups is 2. The zero-order valence-electron chi connectivity index (χ0n) is 6.75. The van der Waals surface area contributed by atoms with E-state index in [-0.39, 0.29) is 0 Å². The minimum atomic E-state index is -1.47. The first-order valence-corrected chi connectivity index (χ1v) is 3.44. The Bertz CT molecular complexity index is 178. The molecule has 0 rings (SSSR count). The van der Waals surface area contributed by atoms with Crippen molar-refractivity contribution in [3.63, 3.8) is 0 Å². The SMILES string of the molecule is O=C(O)CN(CC(=O)O)C(O)CO. The number of carbonyl (C=O) groups is 2. The lowest BCUT2D eigenvalue weighted by Crippen LogP contribution is -2.44. The minimum absolute atomic E-state index is 0.631. The largest absolute Gasteiger partial charge is 0.480 e. The highest BCUT2D eigenvalue weighted by Crippen LogP contribution is 1.94. The Hall–Kier alpha value is -1.18. The first-order valence-electron chi connectivity index (χ1n) is 3.44. The molecule has 0 saturated carbocycles. The summed E-state index contributed by atoms with van der Waals surface area (Å²) < 4.78 is 0. The van der Waals surface area contributed by atoms with Crippen molar-refractivity contribution in [3.8, 4) is 0 Å². The minimum Gasteiger partial charge on any atom is -0.480 e. The van der Waals surface area contributed by atoms with Gasteiger partial charge in [0.15, 0.2) is 0 Å². The van der Waals surface area contributed by atoms with Crippen LogP contribution in [-0.2, 0) is 9.59 Å². The molecule has 0 amide bonds. The van der Waals surface area contributed by atoms with Gasteiger partial charge in [-0.3, -0.25) is 14.5 Å². The molecular weight excluding hydrogens is 182 g/mol. The summed E-state index contributed by atoms with van der Waals surface area (Å²) in [6.45, 7) is -1.97. The van der Waals surface area contributed by atoms with Gasteiger partial charge in [-0.15, -0.1) is 0 Å². The number of aliphatic carboxylic acids is 2. The molecule has 7 heteroatoms. The number of carboxylic acid groups (broad SMARTS) is 2. The Morgan fingerprint density at radius 1 is 1.15 bits per heavy atom. The Labute approximate surface area is 73.8 Å². The predicted octanol–water partition coefficient (Wildman–Crippen LogP) is -2.23. The molecule has 0 saturated heterocycles. The van der Waals surface area contributed by atoms with Gasteiger partial charge in [0.2, 0.25) is 0 Å². The molecule has 0 bridgehead atoms. The third-order valence-electron chi connectivity index (χ3n) is 1.26. The van der Waals surface area contributed by atoms with E-state index >= 15 is 0 Å². The average molecular weight is 193 g/mol. The van der Waals surface area contributed by atoms with Crippen LogP contribution in [0.5, 0.6) is 0 Å². The fourth-order valence-electron chi connectivity index (χ4n) is 0.730. The van der Waals surface area contributed by atoms with E-state index in [1.165, 1.54) is 0 Å². The zero-order valence-corrected chi connectivity index (χ0v) is 6.75. The first kappa shape index (κ1) is 11.8. The molecule has 7 nitrogen and oxygen atoms in total. The van der Waals surface area contributed by atoms with Crippen LogP contribution in [-0.4, -0.2) is 63.2 Å². The molecule has 0 heterocycles. The molecule has 0 spiro atoms. The average Bonchev–Trinajstić information content (AvgIpc) is 2.00. The van der Waals surface area contributed by atoms with Crippen LogP contribution in [0.25, 0.3) is 0 Å². The Balaban J connectivity index is 4.17. The van der Waals surface area contributed by atoms with Gasteiger partial charge in [-0.25, -0.2) is 0 Å². The van der Waals surface area contributed by atoms with Crippen molar-refractivity contribution in [3.05, 3.63) is 0 Å². The number of hydrogen-bond donors (Lipinski definition) is 4. The third kappa shape index (κ3) is 5.12. The van der Waals surface area contributed by atoms with Gasteiger partial charge in [0.05, 0.1) is 19.7 Å². The molecule has 76 valence electrons. The van der Waals surface area contributed by atoms with Crippen LogP contribution in [0.1, 0.15) is 0 Å². The van der Waals surface area contributed by atoms with Crippen LogP contribution < -0.4 is 0 Å². The normalized spacial score (nSPS) is 12.8. The van der Waals surface area contributed by atoms with E-state index in [2.05, 4.69) is 0 Å². The van der Waals surface area contributed by atoms with E-state index in [0.717, 1.165) is 4.90 Å². The molecule has 0 aliphatic carbocycles. The summed E-state index contributed by atoms with van der Waals surface area (Å²) in [6, 6.07) is 0. The van der Waals surface area contributed by atoms with Crippen molar-refractivity contribution in [1.29, 1.82) is 0 Å². The molecule has 1 unspecified atom stereocenters. The van der Waals surface area contributed by atoms with Gasteiger partial charge >= 0.3 is 11.9 Å². The smallest absolute Gasteiger partial charge is 0.317 e. The van der Waals surface area contributed by atoms with Gasteiger partial charge in [-0.05, 0) is 0 Å². The van der Waals surface area contributed by atoms with Gasteiger partial charge < -0.3 is 20.4 Å². The number of hydrogen-bond acceptors (Lipinski definition) is 5. The fraction of sp³-hybridized carbons (Fsp3) is 0.667. The highest BCUT2D eigenvalue weighted by molar-refractivity contribution is 5.72. The summed E-state index contributed by atoms with van der Waals surface area (Å²) in [5.41, 5.74) is 0. The van der Waals surface area contributed by atoms with E-state index in [9.17, 15) is 9.59 Å². The van der Waals surface area contributed by atoms with Crippen molar-refractivity contribution in [2.45, 2.75) is 6.23 Å². The number of carboxylic acids is 2. The molecule has 0 radical (unpaired) electrons. The lowest BCUT2D eigenvalue weighted by Gasteiger charge is -2.22. The van der Waals surface area contributed by atoms with Crippen LogP contribution in [0, 0.1) is 0 Å². The second-order valence-electron chi connectivity index (χ2n) is 2.36. The lowest BCUT2D eigenvalue weighted by molar-refractivity contribution is -0.148. The van der Waals surface area contributed by atoms with Crippen molar-refractivity contribution >= 4 is 11.9 Å². The van der Waals surface area contributed by atoms with E-state index in [1.807, 2.05) is 0 Å². The Kier molecular flexibility index (Phi) is 4.97. The van der Waals surface area contributed by atoms with Gasteiger partial charge in [0, 0.05) is 0 Å². The van der Waals surface area contributed by atoms with Gasteiger partial charge in [-0.1, -0.05) is 0 Å². The van der Waals surface area contributed by atoms with E-state index in [0.29, 0.717) is 0 Å². The van der Waals surface area contributed by atoms with Crippen LogP contribution in [0.4, 0.5) is 0 Å². The van der Waals surface area contributed by atoms with E-state index < -0.39 is 37.9 Å². The monoisotopic (exact) mass is 193 g/mol. The summed E-state index contributed by atoms with van der Waals surface area (Å²) in [5, 5.41) is 34.0. The molecule has 1 atom stereocenters. The summed E-state index contributed by atoms with van der Waals surface area (Å²) in [7, 11) is 0. The number of nitrogens with zero attached hydrogens (tertiary/aromatic N) is 1. The van der Waals surface area contributed by atoms with Crippen molar-refractivity contribution < 1.29 is 30.0 Å². The quantitative estimate of drug-likeness (QED) is 0.352. The Morgan fingerprint density at radius 2 is 1.54 bits per heavy atom. The van der Waals surface area contributed by atoms with Gasteiger partial charge in [0.1, 0.15) is 6.23 Å². The summed E-state index contributed by atoms with van der Waals surface area (Å²) >= 11 is 0. The molecule has 0 aromatic rings. The van der Waals surface area contributed by atoms with E-state index in [4.69, 9.17) is 20.4 Å². The second kappa shape index (κ2) is 5.46. The number of rotatable bonds is 6. The standard InChI is InChI=1S/C6H11NO6/c8-3-4(9)7(1-5(10)11)2-6(12)13/h4,8-9H,1-3H2,(H,10,11)(H,12,13). The molecule has 0 aromatic heterocycles. The maximum absolute atomic E-state index is 10.2.